The van der Waals surface area contributed by atoms with Gasteiger partial charge in [0.15, 0.2) is 17.4 Å². The molecule has 0 N–H and O–H groups in total. The number of ether oxygens (including phenoxy) is 1. The Morgan fingerprint density at radius 1 is 1.23 bits per heavy atom. The zero-order valence-corrected chi connectivity index (χ0v) is 17.2. The van der Waals surface area contributed by atoms with E-state index in [1.807, 2.05) is 6.92 Å². The first-order valence-corrected chi connectivity index (χ1v) is 10.4. The SMILES string of the molecule is Cc1cc(N2C(=O)C3=C(C(=O)C4CC(Cl)C(C)CC4O3)C2c2cccc(F)c2)no1. The molecule has 1 fully saturated rings. The number of alkyl halides is 1. The average Bonchev–Trinajstić information content (AvgIpc) is 3.25. The maximum Gasteiger partial charge on any atom is 0.295 e. The summed E-state index contributed by atoms with van der Waals surface area (Å²) in [4.78, 5) is 28.3. The van der Waals surface area contributed by atoms with Gasteiger partial charge in [0.2, 0.25) is 0 Å². The molecule has 0 bridgehead atoms. The number of anilines is 1. The third-order valence-electron chi connectivity index (χ3n) is 6.24. The van der Waals surface area contributed by atoms with E-state index < -0.39 is 29.8 Å². The molecule has 1 saturated carbocycles. The first-order chi connectivity index (χ1) is 14.3. The van der Waals surface area contributed by atoms with E-state index >= 15 is 0 Å². The van der Waals surface area contributed by atoms with Crippen LogP contribution >= 0.6 is 11.6 Å². The van der Waals surface area contributed by atoms with Crippen molar-refractivity contribution in [3.05, 3.63) is 58.8 Å². The molecular formula is C22H20ClFN2O4. The number of hydrogen-bond acceptors (Lipinski definition) is 5. The van der Waals surface area contributed by atoms with Crippen LogP contribution in [0.1, 0.15) is 37.1 Å². The smallest absolute Gasteiger partial charge is 0.295 e. The molecule has 5 unspecified atom stereocenters. The lowest BCUT2D eigenvalue weighted by Gasteiger charge is -2.39. The summed E-state index contributed by atoms with van der Waals surface area (Å²) in [5.41, 5.74) is 0.710. The summed E-state index contributed by atoms with van der Waals surface area (Å²) < 4.78 is 25.3. The van der Waals surface area contributed by atoms with E-state index in [2.05, 4.69) is 5.16 Å². The predicted octanol–water partition coefficient (Wildman–Crippen LogP) is 4.09. The highest BCUT2D eigenvalue weighted by Gasteiger charge is 2.54. The molecule has 2 aromatic rings. The molecule has 0 radical (unpaired) electrons. The van der Waals surface area contributed by atoms with Gasteiger partial charge in [-0.15, -0.1) is 11.6 Å². The Morgan fingerprint density at radius 2 is 2.03 bits per heavy atom. The largest absolute Gasteiger partial charge is 0.483 e. The number of aryl methyl sites for hydroxylation is 1. The van der Waals surface area contributed by atoms with Crippen LogP contribution < -0.4 is 4.90 Å². The number of nitrogens with zero attached hydrogens (tertiary/aromatic N) is 2. The van der Waals surface area contributed by atoms with Crippen LogP contribution in [0.3, 0.4) is 0 Å². The maximum atomic E-state index is 14.0. The molecule has 6 nitrogen and oxygen atoms in total. The molecule has 5 rings (SSSR count). The number of hydrogen-bond donors (Lipinski definition) is 0. The second-order valence-corrected chi connectivity index (χ2v) is 8.82. The highest BCUT2D eigenvalue weighted by Crippen LogP contribution is 2.49. The number of carbonyl (C=O) groups is 2. The van der Waals surface area contributed by atoms with Gasteiger partial charge in [-0.1, -0.05) is 24.2 Å². The Labute approximate surface area is 177 Å². The number of amides is 1. The van der Waals surface area contributed by atoms with Crippen molar-refractivity contribution in [2.45, 2.75) is 44.2 Å². The van der Waals surface area contributed by atoms with E-state index in [1.165, 1.54) is 17.0 Å². The minimum atomic E-state index is -0.839. The Morgan fingerprint density at radius 3 is 2.73 bits per heavy atom. The molecular weight excluding hydrogens is 411 g/mol. The van der Waals surface area contributed by atoms with E-state index in [0.717, 1.165) is 0 Å². The monoisotopic (exact) mass is 430 g/mol. The molecule has 0 saturated heterocycles. The number of fused-ring (bicyclic) bond motifs is 1. The standard InChI is InChI=1S/C22H20ClFN2O4/c1-10-6-16-14(9-15(10)23)20(27)18-19(12-4-3-5-13(24)8-12)26(22(28)21(18)29-16)17-7-11(2)30-25-17/h3-5,7-8,10,14-16,19H,6,9H2,1-2H3. The fraction of sp³-hybridized carbons (Fsp3) is 0.409. The fourth-order valence-electron chi connectivity index (χ4n) is 4.71. The molecule has 8 heteroatoms. The number of ketones is 1. The van der Waals surface area contributed by atoms with E-state index in [4.69, 9.17) is 20.9 Å². The molecule has 2 aliphatic heterocycles. The van der Waals surface area contributed by atoms with Crippen LogP contribution in [0.2, 0.25) is 0 Å². The van der Waals surface area contributed by atoms with E-state index in [-0.39, 0.29) is 34.2 Å². The fourth-order valence-corrected chi connectivity index (χ4v) is 5.01. The minimum absolute atomic E-state index is 0.0244. The van der Waals surface area contributed by atoms with Gasteiger partial charge in [-0.25, -0.2) is 4.39 Å². The van der Waals surface area contributed by atoms with E-state index in [1.54, 1.807) is 25.1 Å². The van der Waals surface area contributed by atoms with Crippen molar-refractivity contribution in [1.29, 1.82) is 0 Å². The van der Waals surface area contributed by atoms with Crippen LogP contribution in [0.4, 0.5) is 10.2 Å². The van der Waals surface area contributed by atoms with Gasteiger partial charge < -0.3 is 9.26 Å². The predicted molar refractivity (Wildman–Crippen MR) is 106 cm³/mol. The topological polar surface area (TPSA) is 72.6 Å². The Hall–Kier alpha value is -2.67. The van der Waals surface area contributed by atoms with Gasteiger partial charge in [0, 0.05) is 11.4 Å². The number of halogens is 2. The van der Waals surface area contributed by atoms with Gasteiger partial charge in [0.1, 0.15) is 17.7 Å². The summed E-state index contributed by atoms with van der Waals surface area (Å²) in [6, 6.07) is 6.64. The molecule has 3 aliphatic rings. The maximum absolute atomic E-state index is 14.0. The first kappa shape index (κ1) is 19.3. The molecule has 1 aliphatic carbocycles. The highest BCUT2D eigenvalue weighted by molar-refractivity contribution is 6.21. The molecule has 1 aromatic heterocycles. The summed E-state index contributed by atoms with van der Waals surface area (Å²) in [5, 5.41) is 3.83. The Bertz CT molecular complexity index is 1080. The van der Waals surface area contributed by atoms with E-state index in [0.29, 0.717) is 24.2 Å². The van der Waals surface area contributed by atoms with E-state index in [9.17, 15) is 14.0 Å². The quantitative estimate of drug-likeness (QED) is 0.671. The number of carbonyl (C=O) groups excluding carboxylic acids is 2. The van der Waals surface area contributed by atoms with Gasteiger partial charge in [-0.2, -0.15) is 0 Å². The molecule has 0 spiro atoms. The van der Waals surface area contributed by atoms with Crippen molar-refractivity contribution >= 4 is 29.1 Å². The first-order valence-electron chi connectivity index (χ1n) is 9.96. The van der Waals surface area contributed by atoms with Crippen LogP contribution in [0, 0.1) is 24.6 Å². The summed E-state index contributed by atoms with van der Waals surface area (Å²) in [6.07, 6.45) is 0.690. The molecule has 3 heterocycles. The van der Waals surface area contributed by atoms with Gasteiger partial charge in [0.05, 0.1) is 17.5 Å². The van der Waals surface area contributed by atoms with Gasteiger partial charge in [0.25, 0.3) is 5.91 Å². The summed E-state index contributed by atoms with van der Waals surface area (Å²) >= 11 is 6.45. The van der Waals surface area contributed by atoms with Crippen molar-refractivity contribution in [3.8, 4) is 0 Å². The number of Topliss-reactive ketones (excluding diaryl/α,β-unsaturated/α-hetero) is 1. The third kappa shape index (κ3) is 2.87. The average molecular weight is 431 g/mol. The van der Waals surface area contributed by atoms with Crippen LogP contribution in [-0.4, -0.2) is 28.3 Å². The molecule has 30 heavy (non-hydrogen) atoms. The van der Waals surface area contributed by atoms with Crippen molar-refractivity contribution < 1.29 is 23.2 Å². The second-order valence-electron chi connectivity index (χ2n) is 8.26. The molecule has 5 atom stereocenters. The number of rotatable bonds is 2. The van der Waals surface area contributed by atoms with Gasteiger partial charge in [-0.3, -0.25) is 14.5 Å². The van der Waals surface area contributed by atoms with Crippen LogP contribution in [0.15, 0.2) is 46.2 Å². The summed E-state index contributed by atoms with van der Waals surface area (Å²) in [6.45, 7) is 3.72. The van der Waals surface area contributed by atoms with Crippen molar-refractivity contribution in [1.82, 2.24) is 5.16 Å². The Kier molecular flexibility index (Phi) is 4.47. The second kappa shape index (κ2) is 6.94. The minimum Gasteiger partial charge on any atom is -0.483 e. The Balaban J connectivity index is 1.64. The number of benzene rings is 1. The van der Waals surface area contributed by atoms with Crippen molar-refractivity contribution in [3.63, 3.8) is 0 Å². The zero-order valence-electron chi connectivity index (χ0n) is 16.5. The molecule has 1 amide bonds. The van der Waals surface area contributed by atoms with Gasteiger partial charge >= 0.3 is 0 Å². The van der Waals surface area contributed by atoms with Crippen molar-refractivity contribution in [2.24, 2.45) is 11.8 Å². The summed E-state index contributed by atoms with van der Waals surface area (Å²) in [7, 11) is 0. The van der Waals surface area contributed by atoms with Gasteiger partial charge in [-0.05, 0) is 43.4 Å². The third-order valence-corrected chi connectivity index (χ3v) is 6.85. The summed E-state index contributed by atoms with van der Waals surface area (Å²) in [5.74, 6) is -0.553. The van der Waals surface area contributed by atoms with Crippen LogP contribution in [0.25, 0.3) is 0 Å². The lowest BCUT2D eigenvalue weighted by molar-refractivity contribution is -0.132. The lowest BCUT2D eigenvalue weighted by atomic mass is 9.74. The van der Waals surface area contributed by atoms with Crippen LogP contribution in [0.5, 0.6) is 0 Å². The highest BCUT2D eigenvalue weighted by atomic mass is 35.5. The zero-order chi connectivity index (χ0) is 21.2. The molecule has 156 valence electrons. The molecule has 1 aromatic carbocycles. The number of aromatic nitrogens is 1. The van der Waals surface area contributed by atoms with Crippen LogP contribution in [-0.2, 0) is 14.3 Å². The normalized spacial score (nSPS) is 30.9. The lowest BCUT2D eigenvalue weighted by Crippen LogP contribution is -2.44. The van der Waals surface area contributed by atoms with Crippen molar-refractivity contribution in [2.75, 3.05) is 4.90 Å².